The van der Waals surface area contributed by atoms with E-state index in [1.807, 2.05) is 6.92 Å². The summed E-state index contributed by atoms with van der Waals surface area (Å²) < 4.78 is 11.3. The van der Waals surface area contributed by atoms with Crippen LogP contribution in [0.3, 0.4) is 0 Å². The highest BCUT2D eigenvalue weighted by atomic mass is 35.5. The Labute approximate surface area is 237 Å². The van der Waals surface area contributed by atoms with E-state index >= 15 is 0 Å². The molecule has 216 valence electrons. The second-order valence-corrected chi connectivity index (χ2v) is 13.9. The Morgan fingerprint density at radius 2 is 1.87 bits per heavy atom. The van der Waals surface area contributed by atoms with Gasteiger partial charge < -0.3 is 14.6 Å². The number of Topliss-reactive ketones (excluding diaryl/α,β-unsaturated/α-hetero) is 2. The zero-order valence-corrected chi connectivity index (χ0v) is 24.8. The number of fused-ring (bicyclic) bond motifs is 5. The Morgan fingerprint density at radius 3 is 2.58 bits per heavy atom. The molecule has 0 aromatic rings. The molecule has 1 saturated heterocycles. The van der Waals surface area contributed by atoms with E-state index in [0.29, 0.717) is 56.3 Å². The lowest BCUT2D eigenvalue weighted by atomic mass is 9.44. The summed E-state index contributed by atoms with van der Waals surface area (Å²) in [6.07, 6.45) is 5.15. The molecule has 0 aromatic heterocycles. The van der Waals surface area contributed by atoms with E-state index in [9.17, 15) is 19.5 Å². The molecule has 5 aliphatic rings. The summed E-state index contributed by atoms with van der Waals surface area (Å²) in [5, 5.41) is 10.7. The van der Waals surface area contributed by atoms with Gasteiger partial charge in [-0.15, -0.1) is 12.4 Å². The standard InChI is InChI=1S/C29H45NO6S.ClH/c1-4-36-25-15-28(2)18(13-22(25)31)5-6-19-20-7-8-21(29(20,3)14-23(32)27(19)28)24(33)17-37-26(34)16-30-9-11-35-12-10-30;/h18-22,25,27,31H,4-17H2,1-3H3;1H/t18-,19-,20-,21+,22-,25-,27+,28-,29-;/m0./s1. The molecule has 1 heterocycles. The van der Waals surface area contributed by atoms with Crippen LogP contribution in [0.4, 0.5) is 0 Å². The predicted octanol–water partition coefficient (Wildman–Crippen LogP) is 3.78. The van der Waals surface area contributed by atoms with E-state index in [0.717, 1.165) is 63.4 Å². The Balaban J connectivity index is 0.00000336. The van der Waals surface area contributed by atoms with Gasteiger partial charge in [0.05, 0.1) is 37.7 Å². The fourth-order valence-corrected chi connectivity index (χ4v) is 10.0. The third-order valence-corrected chi connectivity index (χ3v) is 11.8. The first-order valence-electron chi connectivity index (χ1n) is 14.5. The summed E-state index contributed by atoms with van der Waals surface area (Å²) in [6, 6.07) is 0. The first-order valence-corrected chi connectivity index (χ1v) is 15.5. The molecule has 0 amide bonds. The Bertz CT molecular complexity index is 898. The second-order valence-electron chi connectivity index (χ2n) is 12.8. The molecule has 4 aliphatic carbocycles. The number of aliphatic hydroxyl groups is 1. The predicted molar refractivity (Wildman–Crippen MR) is 149 cm³/mol. The molecule has 38 heavy (non-hydrogen) atoms. The number of morpholine rings is 1. The number of rotatable bonds is 7. The molecular formula is C29H46ClNO6S. The molecule has 0 bridgehead atoms. The summed E-state index contributed by atoms with van der Waals surface area (Å²) in [6.45, 7) is 10.2. The number of ketones is 2. The van der Waals surface area contributed by atoms with Crippen molar-refractivity contribution in [1.29, 1.82) is 0 Å². The maximum atomic E-state index is 13.9. The Hall–Kier alpha value is -0.510. The molecule has 0 radical (unpaired) electrons. The van der Waals surface area contributed by atoms with Crippen molar-refractivity contribution in [3.05, 3.63) is 0 Å². The minimum atomic E-state index is -0.449. The van der Waals surface area contributed by atoms with E-state index in [-0.39, 0.29) is 57.8 Å². The first kappa shape index (κ1) is 30.4. The van der Waals surface area contributed by atoms with Gasteiger partial charge in [-0.3, -0.25) is 19.3 Å². The second kappa shape index (κ2) is 12.2. The summed E-state index contributed by atoms with van der Waals surface area (Å²) in [4.78, 5) is 42.0. The molecular weight excluding hydrogens is 526 g/mol. The highest BCUT2D eigenvalue weighted by Crippen LogP contribution is 2.66. The van der Waals surface area contributed by atoms with Crippen molar-refractivity contribution in [3.8, 4) is 0 Å². The summed E-state index contributed by atoms with van der Waals surface area (Å²) in [5.41, 5.74) is -0.454. The van der Waals surface area contributed by atoms with Crippen molar-refractivity contribution < 1.29 is 29.0 Å². The maximum Gasteiger partial charge on any atom is 0.203 e. The van der Waals surface area contributed by atoms with Crippen LogP contribution in [0.2, 0.25) is 0 Å². The molecule has 5 rings (SSSR count). The van der Waals surface area contributed by atoms with Crippen LogP contribution >= 0.6 is 24.2 Å². The zero-order valence-electron chi connectivity index (χ0n) is 23.2. The molecule has 1 N–H and O–H groups in total. The number of aliphatic hydroxyl groups excluding tert-OH is 1. The highest BCUT2D eigenvalue weighted by Gasteiger charge is 2.64. The summed E-state index contributed by atoms with van der Waals surface area (Å²) >= 11 is 1.15. The molecule has 9 heteroatoms. The zero-order chi connectivity index (χ0) is 26.4. The average molecular weight is 572 g/mol. The molecule has 9 atom stereocenters. The van der Waals surface area contributed by atoms with Gasteiger partial charge in [0.25, 0.3) is 0 Å². The van der Waals surface area contributed by atoms with Crippen molar-refractivity contribution in [2.24, 2.45) is 40.4 Å². The van der Waals surface area contributed by atoms with E-state index in [1.54, 1.807) is 0 Å². The largest absolute Gasteiger partial charge is 0.390 e. The van der Waals surface area contributed by atoms with E-state index < -0.39 is 6.10 Å². The third-order valence-electron chi connectivity index (χ3n) is 10.9. The third kappa shape index (κ3) is 5.52. The van der Waals surface area contributed by atoms with Gasteiger partial charge in [-0.25, -0.2) is 0 Å². The van der Waals surface area contributed by atoms with Crippen LogP contribution in [0.15, 0.2) is 0 Å². The van der Waals surface area contributed by atoms with Crippen LogP contribution in [0, 0.1) is 40.4 Å². The lowest BCUT2D eigenvalue weighted by Gasteiger charge is -2.60. The van der Waals surface area contributed by atoms with Gasteiger partial charge in [-0.2, -0.15) is 0 Å². The van der Waals surface area contributed by atoms with Gasteiger partial charge in [0.15, 0.2) is 0 Å². The van der Waals surface area contributed by atoms with Gasteiger partial charge in [-0.05, 0) is 74.0 Å². The molecule has 5 fully saturated rings. The van der Waals surface area contributed by atoms with Crippen LogP contribution in [-0.2, 0) is 23.9 Å². The average Bonchev–Trinajstić information content (AvgIpc) is 3.20. The highest BCUT2D eigenvalue weighted by molar-refractivity contribution is 8.14. The molecule has 4 saturated carbocycles. The van der Waals surface area contributed by atoms with Gasteiger partial charge in [-0.1, -0.05) is 25.6 Å². The Morgan fingerprint density at radius 1 is 1.13 bits per heavy atom. The van der Waals surface area contributed by atoms with E-state index in [1.165, 1.54) is 0 Å². The fraction of sp³-hybridized carbons (Fsp3) is 0.897. The van der Waals surface area contributed by atoms with Crippen LogP contribution in [0.1, 0.15) is 65.7 Å². The van der Waals surface area contributed by atoms with Crippen LogP contribution in [0.5, 0.6) is 0 Å². The minimum Gasteiger partial charge on any atom is -0.390 e. The maximum absolute atomic E-state index is 13.9. The number of carbonyl (C=O) groups excluding carboxylic acids is 3. The lowest BCUT2D eigenvalue weighted by Crippen LogP contribution is -2.60. The normalized spacial score (nSPS) is 42.9. The van der Waals surface area contributed by atoms with Gasteiger partial charge in [0, 0.05) is 38.0 Å². The summed E-state index contributed by atoms with van der Waals surface area (Å²) in [7, 11) is 0. The quantitative estimate of drug-likeness (QED) is 0.493. The van der Waals surface area contributed by atoms with E-state index in [2.05, 4.69) is 18.7 Å². The number of ether oxygens (including phenoxy) is 2. The number of halogens is 1. The number of hydrogen-bond acceptors (Lipinski definition) is 8. The molecule has 0 aromatic carbocycles. The first-order chi connectivity index (χ1) is 17.7. The van der Waals surface area contributed by atoms with Crippen molar-refractivity contribution >= 4 is 40.9 Å². The lowest BCUT2D eigenvalue weighted by molar-refractivity contribution is -0.179. The topological polar surface area (TPSA) is 93.1 Å². The number of carbonyl (C=O) groups is 3. The SMILES string of the molecule is CCO[C@H]1C[C@@]2(C)[C@@H](CC[C@H]3[C@@H]4CC[C@H](C(=O)CSC(=O)CN5CCOCC5)[C@@]4(C)CC(=O)[C@@H]32)C[C@@H]1O.Cl. The molecule has 0 unspecified atom stereocenters. The van der Waals surface area contributed by atoms with Crippen molar-refractivity contribution in [3.63, 3.8) is 0 Å². The van der Waals surface area contributed by atoms with Crippen molar-refractivity contribution in [2.75, 3.05) is 45.2 Å². The smallest absolute Gasteiger partial charge is 0.203 e. The van der Waals surface area contributed by atoms with Crippen molar-refractivity contribution in [1.82, 2.24) is 4.90 Å². The molecule has 1 aliphatic heterocycles. The van der Waals surface area contributed by atoms with Crippen molar-refractivity contribution in [2.45, 2.75) is 77.9 Å². The molecule has 0 spiro atoms. The summed E-state index contributed by atoms with van der Waals surface area (Å²) in [5.74, 6) is 1.56. The van der Waals surface area contributed by atoms with Crippen LogP contribution < -0.4 is 0 Å². The van der Waals surface area contributed by atoms with Gasteiger partial charge >= 0.3 is 0 Å². The van der Waals surface area contributed by atoms with Crippen LogP contribution in [0.25, 0.3) is 0 Å². The number of thioether (sulfide) groups is 1. The van der Waals surface area contributed by atoms with Gasteiger partial charge in [0.2, 0.25) is 5.12 Å². The van der Waals surface area contributed by atoms with Gasteiger partial charge in [0.1, 0.15) is 11.6 Å². The Kier molecular flexibility index (Phi) is 9.74. The van der Waals surface area contributed by atoms with Crippen LogP contribution in [-0.4, -0.2) is 84.1 Å². The number of nitrogens with zero attached hydrogens (tertiary/aromatic N) is 1. The minimum absolute atomic E-state index is 0. The number of hydrogen-bond donors (Lipinski definition) is 1. The molecule has 7 nitrogen and oxygen atoms in total. The van der Waals surface area contributed by atoms with E-state index in [4.69, 9.17) is 9.47 Å². The monoisotopic (exact) mass is 571 g/mol. The fourth-order valence-electron chi connectivity index (χ4n) is 9.23.